The van der Waals surface area contributed by atoms with Crippen LogP contribution in [0.3, 0.4) is 0 Å². The molecule has 0 radical (unpaired) electrons. The summed E-state index contributed by atoms with van der Waals surface area (Å²) in [5, 5.41) is 13.4. The first-order valence-corrected chi connectivity index (χ1v) is 10.4. The van der Waals surface area contributed by atoms with E-state index in [0.717, 1.165) is 36.2 Å². The Hall–Kier alpha value is -3.30. The van der Waals surface area contributed by atoms with Crippen molar-refractivity contribution < 1.29 is 4.79 Å². The molecule has 2 aliphatic heterocycles. The van der Waals surface area contributed by atoms with Crippen LogP contribution in [-0.4, -0.2) is 39.7 Å². The lowest BCUT2D eigenvalue weighted by Gasteiger charge is -2.46. The van der Waals surface area contributed by atoms with Crippen molar-refractivity contribution >= 4 is 5.91 Å². The highest BCUT2D eigenvalue weighted by atomic mass is 16.2. The Morgan fingerprint density at radius 1 is 1.13 bits per heavy atom. The van der Waals surface area contributed by atoms with E-state index in [1.54, 1.807) is 0 Å². The van der Waals surface area contributed by atoms with Crippen LogP contribution < -0.4 is 5.43 Å². The maximum absolute atomic E-state index is 12.3. The number of hydrazine groups is 2. The van der Waals surface area contributed by atoms with Crippen molar-refractivity contribution in [3.8, 4) is 17.2 Å². The van der Waals surface area contributed by atoms with Gasteiger partial charge in [0.15, 0.2) is 0 Å². The Balaban J connectivity index is 1.60. The first kappa shape index (κ1) is 20.0. The number of carbonyl (C=O) groups excluding carboxylic acids is 1. The molecular weight excluding hydrogens is 374 g/mol. The zero-order valence-corrected chi connectivity index (χ0v) is 17.7. The summed E-state index contributed by atoms with van der Waals surface area (Å²) in [6, 6.07) is 18.1. The van der Waals surface area contributed by atoms with Crippen LogP contribution in [0.4, 0.5) is 0 Å². The number of carbonyl (C=O) groups is 1. The Labute approximate surface area is 177 Å². The minimum absolute atomic E-state index is 0.0137. The minimum Gasteiger partial charge on any atom is -0.357 e. The van der Waals surface area contributed by atoms with Gasteiger partial charge in [-0.3, -0.25) is 15.2 Å². The standard InChI is InChI=1S/C24H27N5O/c1-4-13-27-16-17(2)28-18(3)24(30)26-29(28)23(27)14-19-9-11-20(12-10-19)22-8-6-5-7-21(22)15-25/h5-12,16,18,23H,4,13-14H2,1-3H3,(H,26,30). The third-order valence-corrected chi connectivity index (χ3v) is 5.79. The van der Waals surface area contributed by atoms with E-state index in [2.05, 4.69) is 58.8 Å². The Kier molecular flexibility index (Phi) is 5.47. The van der Waals surface area contributed by atoms with Crippen LogP contribution in [0.1, 0.15) is 38.3 Å². The van der Waals surface area contributed by atoms with Crippen molar-refractivity contribution in [2.24, 2.45) is 0 Å². The van der Waals surface area contributed by atoms with Crippen LogP contribution in [0.25, 0.3) is 11.1 Å². The van der Waals surface area contributed by atoms with Crippen molar-refractivity contribution in [1.29, 1.82) is 5.26 Å². The van der Waals surface area contributed by atoms with Gasteiger partial charge in [-0.1, -0.05) is 49.4 Å². The molecule has 30 heavy (non-hydrogen) atoms. The normalized spacial score (nSPS) is 21.1. The topological polar surface area (TPSA) is 62.6 Å². The van der Waals surface area contributed by atoms with Crippen LogP contribution >= 0.6 is 0 Å². The van der Waals surface area contributed by atoms with Gasteiger partial charge in [-0.15, -0.1) is 5.12 Å². The number of fused-ring (bicyclic) bond motifs is 1. The second-order valence-electron chi connectivity index (χ2n) is 7.89. The monoisotopic (exact) mass is 401 g/mol. The van der Waals surface area contributed by atoms with E-state index in [4.69, 9.17) is 0 Å². The average molecular weight is 402 g/mol. The second-order valence-corrected chi connectivity index (χ2v) is 7.89. The van der Waals surface area contributed by atoms with E-state index in [9.17, 15) is 10.1 Å². The van der Waals surface area contributed by atoms with Crippen LogP contribution in [0.15, 0.2) is 60.4 Å². The molecule has 0 bridgehead atoms. The number of hydrogen-bond acceptors (Lipinski definition) is 5. The number of benzene rings is 2. The Morgan fingerprint density at radius 3 is 2.57 bits per heavy atom. The fourth-order valence-electron chi connectivity index (χ4n) is 4.32. The molecule has 4 rings (SSSR count). The quantitative estimate of drug-likeness (QED) is 0.829. The lowest BCUT2D eigenvalue weighted by Crippen LogP contribution is -2.59. The summed E-state index contributed by atoms with van der Waals surface area (Å²) in [6.07, 6.45) is 3.98. The molecule has 0 spiro atoms. The van der Waals surface area contributed by atoms with Crippen LogP contribution in [0.2, 0.25) is 0 Å². The number of rotatable bonds is 5. The second kappa shape index (κ2) is 8.21. The molecule has 2 heterocycles. The van der Waals surface area contributed by atoms with Gasteiger partial charge in [0, 0.05) is 24.9 Å². The molecule has 2 atom stereocenters. The maximum atomic E-state index is 12.3. The number of hydrogen-bond donors (Lipinski definition) is 1. The van der Waals surface area contributed by atoms with Crippen molar-refractivity contribution in [3.63, 3.8) is 0 Å². The van der Waals surface area contributed by atoms with Gasteiger partial charge >= 0.3 is 0 Å². The van der Waals surface area contributed by atoms with E-state index < -0.39 is 0 Å². The van der Waals surface area contributed by atoms with Gasteiger partial charge in [-0.25, -0.2) is 0 Å². The van der Waals surface area contributed by atoms with Gasteiger partial charge < -0.3 is 4.90 Å². The van der Waals surface area contributed by atoms with Crippen molar-refractivity contribution in [2.45, 2.75) is 45.8 Å². The summed E-state index contributed by atoms with van der Waals surface area (Å²) in [4.78, 5) is 14.7. The number of allylic oxidation sites excluding steroid dienone is 1. The maximum Gasteiger partial charge on any atom is 0.259 e. The summed E-state index contributed by atoms with van der Waals surface area (Å²) in [7, 11) is 0. The molecule has 2 aromatic carbocycles. The third-order valence-electron chi connectivity index (χ3n) is 5.79. The first-order chi connectivity index (χ1) is 14.5. The molecule has 1 N–H and O–H groups in total. The summed E-state index contributed by atoms with van der Waals surface area (Å²) < 4.78 is 0. The summed E-state index contributed by atoms with van der Waals surface area (Å²) >= 11 is 0. The smallest absolute Gasteiger partial charge is 0.259 e. The zero-order chi connectivity index (χ0) is 21.3. The molecule has 6 nitrogen and oxygen atoms in total. The van der Waals surface area contributed by atoms with Gasteiger partial charge in [-0.05, 0) is 43.0 Å². The fourth-order valence-corrected chi connectivity index (χ4v) is 4.32. The van der Waals surface area contributed by atoms with Crippen LogP contribution in [-0.2, 0) is 11.2 Å². The summed E-state index contributed by atoms with van der Waals surface area (Å²) in [6.45, 7) is 7.06. The largest absolute Gasteiger partial charge is 0.357 e. The Bertz CT molecular complexity index is 1010. The highest BCUT2D eigenvalue weighted by Crippen LogP contribution is 2.30. The highest BCUT2D eigenvalue weighted by Gasteiger charge is 2.43. The molecule has 2 aromatic rings. The predicted octanol–water partition coefficient (Wildman–Crippen LogP) is 3.63. The fraction of sp³-hybridized carbons (Fsp3) is 0.333. The molecule has 0 aliphatic carbocycles. The number of nitriles is 1. The van der Waals surface area contributed by atoms with Gasteiger partial charge in [0.05, 0.1) is 11.6 Å². The molecular formula is C24H27N5O. The lowest BCUT2D eigenvalue weighted by molar-refractivity contribution is -0.125. The molecule has 2 aliphatic rings. The van der Waals surface area contributed by atoms with Gasteiger partial charge in [0.1, 0.15) is 12.2 Å². The minimum atomic E-state index is -0.211. The highest BCUT2D eigenvalue weighted by molar-refractivity contribution is 5.82. The van der Waals surface area contributed by atoms with E-state index in [1.165, 1.54) is 5.56 Å². The molecule has 154 valence electrons. The number of nitrogens with zero attached hydrogens (tertiary/aromatic N) is 4. The summed E-state index contributed by atoms with van der Waals surface area (Å²) in [5.74, 6) is 0.0227. The third kappa shape index (κ3) is 3.53. The number of amides is 1. The molecule has 6 heteroatoms. The molecule has 1 amide bonds. The molecule has 1 fully saturated rings. The van der Waals surface area contributed by atoms with E-state index in [0.29, 0.717) is 5.56 Å². The van der Waals surface area contributed by atoms with Crippen molar-refractivity contribution in [2.75, 3.05) is 6.54 Å². The first-order valence-electron chi connectivity index (χ1n) is 10.4. The number of nitrogens with one attached hydrogen (secondary N) is 1. The van der Waals surface area contributed by atoms with Gasteiger partial charge in [0.25, 0.3) is 5.91 Å². The molecule has 2 unspecified atom stereocenters. The van der Waals surface area contributed by atoms with Crippen LogP contribution in [0.5, 0.6) is 0 Å². The lowest BCUT2D eigenvalue weighted by atomic mass is 9.98. The summed E-state index contributed by atoms with van der Waals surface area (Å²) in [5.41, 5.74) is 7.95. The van der Waals surface area contributed by atoms with Crippen molar-refractivity contribution in [3.05, 3.63) is 71.6 Å². The molecule has 1 saturated heterocycles. The molecule has 0 saturated carbocycles. The van der Waals surface area contributed by atoms with Crippen LogP contribution in [0, 0.1) is 11.3 Å². The Morgan fingerprint density at radius 2 is 1.87 bits per heavy atom. The van der Waals surface area contributed by atoms with E-state index >= 15 is 0 Å². The van der Waals surface area contributed by atoms with E-state index in [-0.39, 0.29) is 18.1 Å². The van der Waals surface area contributed by atoms with Gasteiger partial charge in [0.2, 0.25) is 0 Å². The van der Waals surface area contributed by atoms with Crippen molar-refractivity contribution in [1.82, 2.24) is 20.5 Å². The predicted molar refractivity (Wildman–Crippen MR) is 116 cm³/mol. The zero-order valence-electron chi connectivity index (χ0n) is 17.7. The average Bonchev–Trinajstić information content (AvgIpc) is 3.06. The van der Waals surface area contributed by atoms with E-state index in [1.807, 2.05) is 43.2 Å². The molecule has 0 aromatic heterocycles. The van der Waals surface area contributed by atoms with Gasteiger partial charge in [-0.2, -0.15) is 5.26 Å². The SMILES string of the molecule is CCCN1C=C(C)N2C(C)C(=O)NN2C1Cc1ccc(-c2ccccc2C#N)cc1.